The first-order chi connectivity index (χ1) is 8.47. The van der Waals surface area contributed by atoms with E-state index in [1.54, 1.807) is 12.1 Å². The number of sulfone groups is 1. The fraction of sp³-hybridized carbons (Fsp3) is 0.538. The van der Waals surface area contributed by atoms with Gasteiger partial charge in [-0.25, -0.2) is 8.42 Å². The average Bonchev–Trinajstić information content (AvgIpc) is 2.82. The third kappa shape index (κ3) is 3.31. The van der Waals surface area contributed by atoms with Gasteiger partial charge >= 0.3 is 0 Å². The number of hydrogen-bond acceptors (Lipinski definition) is 4. The summed E-state index contributed by atoms with van der Waals surface area (Å²) in [6.07, 6.45) is 2.41. The van der Waals surface area contributed by atoms with E-state index in [1.165, 1.54) is 12.7 Å². The van der Waals surface area contributed by atoms with Crippen molar-refractivity contribution in [1.82, 2.24) is 10.2 Å². The van der Waals surface area contributed by atoms with Gasteiger partial charge in [-0.1, -0.05) is 12.1 Å². The highest BCUT2D eigenvalue weighted by atomic mass is 32.2. The molecule has 1 fully saturated rings. The molecule has 1 saturated heterocycles. The summed E-state index contributed by atoms with van der Waals surface area (Å²) in [5.41, 5.74) is 1.15. The van der Waals surface area contributed by atoms with Gasteiger partial charge in [-0.3, -0.25) is 4.90 Å². The SMILES string of the molecule is CN(Cc1ccc(S(C)(=O)=O)cc1)C1CCNC1. The van der Waals surface area contributed by atoms with Gasteiger partial charge in [0.2, 0.25) is 0 Å². The Hall–Kier alpha value is -0.910. The number of benzene rings is 1. The molecule has 1 atom stereocenters. The van der Waals surface area contributed by atoms with Crippen molar-refractivity contribution in [1.29, 1.82) is 0 Å². The van der Waals surface area contributed by atoms with Crippen molar-refractivity contribution in [3.05, 3.63) is 29.8 Å². The maximum absolute atomic E-state index is 11.4. The summed E-state index contributed by atoms with van der Waals surface area (Å²) >= 11 is 0. The van der Waals surface area contributed by atoms with Gasteiger partial charge in [-0.05, 0) is 37.7 Å². The van der Waals surface area contributed by atoms with Crippen LogP contribution in [0.5, 0.6) is 0 Å². The molecule has 1 aromatic rings. The largest absolute Gasteiger partial charge is 0.315 e. The summed E-state index contributed by atoms with van der Waals surface area (Å²) in [7, 11) is -0.974. The fourth-order valence-electron chi connectivity index (χ4n) is 2.27. The van der Waals surface area contributed by atoms with Gasteiger partial charge in [0.1, 0.15) is 0 Å². The molecule has 0 aliphatic carbocycles. The average molecular weight is 268 g/mol. The van der Waals surface area contributed by atoms with Gasteiger partial charge in [0.25, 0.3) is 0 Å². The molecule has 0 aromatic heterocycles. The number of rotatable bonds is 4. The molecular weight excluding hydrogens is 248 g/mol. The first kappa shape index (κ1) is 13.5. The lowest BCUT2D eigenvalue weighted by atomic mass is 10.1. The number of likely N-dealkylation sites (N-methyl/N-ethyl adjacent to an activating group) is 1. The van der Waals surface area contributed by atoms with Crippen LogP contribution < -0.4 is 5.32 Å². The van der Waals surface area contributed by atoms with Crippen LogP contribution in [0.4, 0.5) is 0 Å². The highest BCUT2D eigenvalue weighted by Crippen LogP contribution is 2.14. The fourth-order valence-corrected chi connectivity index (χ4v) is 2.91. The predicted molar refractivity (Wildman–Crippen MR) is 72.3 cm³/mol. The Morgan fingerprint density at radius 2 is 2.00 bits per heavy atom. The van der Waals surface area contributed by atoms with Crippen molar-refractivity contribution in [2.75, 3.05) is 26.4 Å². The van der Waals surface area contributed by atoms with Crippen molar-refractivity contribution in [3.63, 3.8) is 0 Å². The molecule has 0 saturated carbocycles. The summed E-state index contributed by atoms with van der Waals surface area (Å²) in [5, 5.41) is 3.35. The van der Waals surface area contributed by atoms with E-state index in [2.05, 4.69) is 17.3 Å². The maximum Gasteiger partial charge on any atom is 0.175 e. The van der Waals surface area contributed by atoms with E-state index in [4.69, 9.17) is 0 Å². The lowest BCUT2D eigenvalue weighted by Crippen LogP contribution is -2.32. The van der Waals surface area contributed by atoms with E-state index in [-0.39, 0.29) is 0 Å². The Kier molecular flexibility index (Phi) is 4.04. The minimum atomic E-state index is -3.09. The lowest BCUT2D eigenvalue weighted by molar-refractivity contribution is 0.249. The van der Waals surface area contributed by atoms with Crippen LogP contribution in [0.15, 0.2) is 29.2 Å². The molecule has 2 rings (SSSR count). The maximum atomic E-state index is 11.4. The Labute approximate surface area is 109 Å². The molecule has 1 aliphatic heterocycles. The van der Waals surface area contributed by atoms with Crippen molar-refractivity contribution < 1.29 is 8.42 Å². The van der Waals surface area contributed by atoms with Gasteiger partial charge in [0.15, 0.2) is 9.84 Å². The van der Waals surface area contributed by atoms with Crippen LogP contribution in [-0.4, -0.2) is 45.8 Å². The standard InChI is InChI=1S/C13H20N2O2S/c1-15(12-7-8-14-9-12)10-11-3-5-13(6-4-11)18(2,16)17/h3-6,12,14H,7-10H2,1-2H3. The molecule has 18 heavy (non-hydrogen) atoms. The highest BCUT2D eigenvalue weighted by molar-refractivity contribution is 7.90. The van der Waals surface area contributed by atoms with Crippen molar-refractivity contribution in [3.8, 4) is 0 Å². The van der Waals surface area contributed by atoms with Crippen LogP contribution in [0.3, 0.4) is 0 Å². The zero-order chi connectivity index (χ0) is 13.2. The van der Waals surface area contributed by atoms with E-state index in [9.17, 15) is 8.42 Å². The zero-order valence-electron chi connectivity index (χ0n) is 10.9. The number of nitrogens with zero attached hydrogens (tertiary/aromatic N) is 1. The molecule has 0 bridgehead atoms. The molecule has 0 amide bonds. The normalized spacial score (nSPS) is 20.5. The molecule has 1 aliphatic rings. The van der Waals surface area contributed by atoms with E-state index in [0.29, 0.717) is 10.9 Å². The molecule has 0 spiro atoms. The first-order valence-electron chi connectivity index (χ1n) is 6.17. The summed E-state index contributed by atoms with van der Waals surface area (Å²) in [6, 6.07) is 7.75. The summed E-state index contributed by atoms with van der Waals surface area (Å²) < 4.78 is 22.7. The van der Waals surface area contributed by atoms with Crippen LogP contribution in [0.1, 0.15) is 12.0 Å². The van der Waals surface area contributed by atoms with Crippen LogP contribution in [-0.2, 0) is 16.4 Å². The lowest BCUT2D eigenvalue weighted by Gasteiger charge is -2.23. The van der Waals surface area contributed by atoms with Crippen molar-refractivity contribution >= 4 is 9.84 Å². The molecule has 1 unspecified atom stereocenters. The summed E-state index contributed by atoms with van der Waals surface area (Å²) in [4.78, 5) is 2.70. The topological polar surface area (TPSA) is 49.4 Å². The van der Waals surface area contributed by atoms with Crippen LogP contribution in [0.25, 0.3) is 0 Å². The van der Waals surface area contributed by atoms with E-state index < -0.39 is 9.84 Å². The third-order valence-electron chi connectivity index (χ3n) is 3.44. The van der Waals surface area contributed by atoms with Gasteiger partial charge in [0, 0.05) is 25.4 Å². The first-order valence-corrected chi connectivity index (χ1v) is 8.06. The van der Waals surface area contributed by atoms with E-state index >= 15 is 0 Å². The smallest absolute Gasteiger partial charge is 0.175 e. The molecule has 1 aromatic carbocycles. The molecule has 0 radical (unpaired) electrons. The monoisotopic (exact) mass is 268 g/mol. The van der Waals surface area contributed by atoms with Crippen LogP contribution in [0, 0.1) is 0 Å². The van der Waals surface area contributed by atoms with Crippen molar-refractivity contribution in [2.24, 2.45) is 0 Å². The molecule has 100 valence electrons. The van der Waals surface area contributed by atoms with Gasteiger partial charge in [-0.2, -0.15) is 0 Å². The predicted octanol–water partition coefficient (Wildman–Crippen LogP) is 0.884. The van der Waals surface area contributed by atoms with Gasteiger partial charge in [-0.15, -0.1) is 0 Å². The van der Waals surface area contributed by atoms with E-state index in [0.717, 1.165) is 25.2 Å². The number of hydrogen-bond donors (Lipinski definition) is 1. The Morgan fingerprint density at radius 3 is 2.50 bits per heavy atom. The van der Waals surface area contributed by atoms with Gasteiger partial charge < -0.3 is 5.32 Å². The quantitative estimate of drug-likeness (QED) is 0.881. The van der Waals surface area contributed by atoms with Crippen LogP contribution >= 0.6 is 0 Å². The highest BCUT2D eigenvalue weighted by Gasteiger charge is 2.19. The van der Waals surface area contributed by atoms with E-state index in [1.807, 2.05) is 12.1 Å². The summed E-state index contributed by atoms with van der Waals surface area (Å²) in [6.45, 7) is 2.98. The Balaban J connectivity index is 2.02. The molecule has 4 nitrogen and oxygen atoms in total. The molecule has 5 heteroatoms. The second kappa shape index (κ2) is 5.38. The molecular formula is C13H20N2O2S. The second-order valence-electron chi connectivity index (χ2n) is 4.98. The van der Waals surface area contributed by atoms with Crippen LogP contribution in [0.2, 0.25) is 0 Å². The molecule has 1 N–H and O–H groups in total. The summed E-state index contributed by atoms with van der Waals surface area (Å²) in [5.74, 6) is 0. The number of nitrogens with one attached hydrogen (secondary N) is 1. The third-order valence-corrected chi connectivity index (χ3v) is 4.57. The Morgan fingerprint density at radius 1 is 1.33 bits per heavy atom. The second-order valence-corrected chi connectivity index (χ2v) is 6.99. The van der Waals surface area contributed by atoms with Crippen molar-refractivity contribution in [2.45, 2.75) is 23.9 Å². The minimum Gasteiger partial charge on any atom is -0.315 e. The van der Waals surface area contributed by atoms with Gasteiger partial charge in [0.05, 0.1) is 4.90 Å². The molecule has 1 heterocycles. The minimum absolute atomic E-state index is 0.386. The Bertz CT molecular complexity index is 490. The zero-order valence-corrected chi connectivity index (χ0v) is 11.7.